The molecule has 0 saturated carbocycles. The zero-order valence-corrected chi connectivity index (χ0v) is 13.4. The van der Waals surface area contributed by atoms with Gasteiger partial charge in [-0.1, -0.05) is 12.1 Å². The molecule has 1 aromatic rings. The number of thiophene rings is 1. The smallest absolute Gasteiger partial charge is 0.230 e. The van der Waals surface area contributed by atoms with Crippen LogP contribution < -0.4 is 5.73 Å². The molecule has 21 heavy (non-hydrogen) atoms. The van der Waals surface area contributed by atoms with E-state index in [0.29, 0.717) is 13.1 Å². The van der Waals surface area contributed by atoms with Gasteiger partial charge in [0.2, 0.25) is 5.91 Å². The van der Waals surface area contributed by atoms with Crippen molar-refractivity contribution < 1.29 is 10.0 Å². The molecule has 1 aliphatic rings. The van der Waals surface area contributed by atoms with Crippen molar-refractivity contribution in [2.75, 3.05) is 13.1 Å². The first-order chi connectivity index (χ1) is 10.1. The highest BCUT2D eigenvalue weighted by Gasteiger charge is 2.31. The molecule has 116 valence electrons. The number of likely N-dealkylation sites (N-methyl/N-ethyl adjacent to an activating group) is 1. The number of nitrogens with two attached hydrogens (primary N) is 1. The maximum atomic E-state index is 12.8. The van der Waals surface area contributed by atoms with Crippen molar-refractivity contribution in [3.05, 3.63) is 21.9 Å². The molecule has 1 amide bonds. The molecule has 6 heteroatoms. The molecule has 1 aromatic heterocycles. The second kappa shape index (κ2) is 6.93. The van der Waals surface area contributed by atoms with Gasteiger partial charge in [0.15, 0.2) is 0 Å². The lowest BCUT2D eigenvalue weighted by atomic mass is 9.86. The van der Waals surface area contributed by atoms with Gasteiger partial charge < -0.3 is 15.8 Å². The molecule has 0 fully saturated rings. The van der Waals surface area contributed by atoms with E-state index in [1.54, 1.807) is 11.3 Å². The minimum absolute atomic E-state index is 0.0283. The molecule has 0 aliphatic heterocycles. The molecule has 1 heterocycles. The largest absolute Gasteiger partial charge is 0.409 e. The van der Waals surface area contributed by atoms with Crippen molar-refractivity contribution in [2.45, 2.75) is 39.0 Å². The minimum Gasteiger partial charge on any atom is -0.409 e. The molecule has 0 bridgehead atoms. The lowest BCUT2D eigenvalue weighted by Crippen LogP contribution is -2.41. The van der Waals surface area contributed by atoms with Gasteiger partial charge in [-0.15, -0.1) is 11.3 Å². The average Bonchev–Trinajstić information content (AvgIpc) is 2.99. The standard InChI is InChI=1S/C15H23N3O2S/c1-3-18(9-10(2)14(16)17-20)15(19)12-5-4-6-13-11(12)7-8-21-13/h7-8,10,12,20H,3-6,9H2,1-2H3,(H2,16,17). The van der Waals surface area contributed by atoms with Crippen molar-refractivity contribution in [3.63, 3.8) is 0 Å². The lowest BCUT2D eigenvalue weighted by molar-refractivity contribution is -0.133. The van der Waals surface area contributed by atoms with Crippen LogP contribution in [0, 0.1) is 5.92 Å². The number of carbonyl (C=O) groups is 1. The first-order valence-corrected chi connectivity index (χ1v) is 8.28. The maximum absolute atomic E-state index is 12.8. The number of fused-ring (bicyclic) bond motifs is 1. The number of rotatable bonds is 5. The van der Waals surface area contributed by atoms with Gasteiger partial charge in [-0.3, -0.25) is 4.79 Å². The Hall–Kier alpha value is -1.56. The van der Waals surface area contributed by atoms with Crippen LogP contribution in [0.4, 0.5) is 0 Å². The number of nitrogens with zero attached hydrogens (tertiary/aromatic N) is 2. The van der Waals surface area contributed by atoms with Crippen LogP contribution in [0.2, 0.25) is 0 Å². The second-order valence-corrected chi connectivity index (χ2v) is 6.55. The Kier molecular flexibility index (Phi) is 5.22. The summed E-state index contributed by atoms with van der Waals surface area (Å²) in [7, 11) is 0. The van der Waals surface area contributed by atoms with E-state index in [2.05, 4.69) is 16.6 Å². The average molecular weight is 309 g/mol. The van der Waals surface area contributed by atoms with Crippen LogP contribution in [-0.4, -0.2) is 34.9 Å². The predicted octanol–water partition coefficient (Wildman–Crippen LogP) is 2.40. The quantitative estimate of drug-likeness (QED) is 0.379. The summed E-state index contributed by atoms with van der Waals surface area (Å²) < 4.78 is 0. The molecule has 0 aromatic carbocycles. The van der Waals surface area contributed by atoms with Crippen LogP contribution >= 0.6 is 11.3 Å². The Balaban J connectivity index is 2.11. The third kappa shape index (κ3) is 3.37. The van der Waals surface area contributed by atoms with Crippen molar-refractivity contribution in [3.8, 4) is 0 Å². The maximum Gasteiger partial charge on any atom is 0.230 e. The first kappa shape index (κ1) is 15.8. The Morgan fingerprint density at radius 3 is 3.10 bits per heavy atom. The van der Waals surface area contributed by atoms with Crippen LogP contribution in [-0.2, 0) is 11.2 Å². The van der Waals surface area contributed by atoms with Gasteiger partial charge in [0, 0.05) is 23.9 Å². The number of amides is 1. The van der Waals surface area contributed by atoms with E-state index in [1.165, 1.54) is 10.4 Å². The second-order valence-electron chi connectivity index (χ2n) is 5.55. The molecule has 2 unspecified atom stereocenters. The first-order valence-electron chi connectivity index (χ1n) is 7.40. The van der Waals surface area contributed by atoms with Crippen LogP contribution in [0.3, 0.4) is 0 Å². The van der Waals surface area contributed by atoms with Crippen molar-refractivity contribution >= 4 is 23.1 Å². The normalized spacial score (nSPS) is 19.9. The molecule has 3 N–H and O–H groups in total. The fourth-order valence-electron chi connectivity index (χ4n) is 2.86. The lowest BCUT2D eigenvalue weighted by Gasteiger charge is -2.30. The third-order valence-electron chi connectivity index (χ3n) is 4.16. The SMILES string of the molecule is CCN(CC(C)/C(N)=N/O)C(=O)C1CCCc2sccc21. The van der Waals surface area contributed by atoms with Crippen molar-refractivity contribution in [2.24, 2.45) is 16.8 Å². The summed E-state index contributed by atoms with van der Waals surface area (Å²) in [6, 6.07) is 2.09. The Morgan fingerprint density at radius 1 is 1.67 bits per heavy atom. The third-order valence-corrected chi connectivity index (χ3v) is 5.15. The molecule has 0 radical (unpaired) electrons. The molecule has 5 nitrogen and oxygen atoms in total. The monoisotopic (exact) mass is 309 g/mol. The highest BCUT2D eigenvalue weighted by molar-refractivity contribution is 7.10. The predicted molar refractivity (Wildman–Crippen MR) is 84.8 cm³/mol. The summed E-state index contributed by atoms with van der Waals surface area (Å²) in [5, 5.41) is 13.8. The molecule has 0 saturated heterocycles. The molecule has 2 rings (SSSR count). The van der Waals surface area contributed by atoms with Crippen LogP contribution in [0.1, 0.15) is 43.0 Å². The van der Waals surface area contributed by atoms with E-state index in [0.717, 1.165) is 19.3 Å². The van der Waals surface area contributed by atoms with Gasteiger partial charge in [0.05, 0.1) is 5.92 Å². The van der Waals surface area contributed by atoms with Gasteiger partial charge in [-0.25, -0.2) is 0 Å². The zero-order valence-electron chi connectivity index (χ0n) is 12.6. The van der Waals surface area contributed by atoms with Crippen molar-refractivity contribution in [1.29, 1.82) is 0 Å². The summed E-state index contributed by atoms with van der Waals surface area (Å²) in [4.78, 5) is 16.0. The van der Waals surface area contributed by atoms with Crippen LogP contribution in [0.5, 0.6) is 0 Å². The minimum atomic E-state index is -0.149. The van der Waals surface area contributed by atoms with E-state index in [4.69, 9.17) is 10.9 Å². The summed E-state index contributed by atoms with van der Waals surface area (Å²) in [5.74, 6) is 0.152. The number of oxime groups is 1. The van der Waals surface area contributed by atoms with E-state index in [1.807, 2.05) is 18.7 Å². The Morgan fingerprint density at radius 2 is 2.43 bits per heavy atom. The summed E-state index contributed by atoms with van der Waals surface area (Å²) >= 11 is 1.75. The van der Waals surface area contributed by atoms with E-state index < -0.39 is 0 Å². The number of aryl methyl sites for hydroxylation is 1. The Labute approximate surface area is 129 Å². The fraction of sp³-hybridized carbons (Fsp3) is 0.600. The summed E-state index contributed by atoms with van der Waals surface area (Å²) in [6.45, 7) is 4.95. The van der Waals surface area contributed by atoms with E-state index >= 15 is 0 Å². The van der Waals surface area contributed by atoms with Gasteiger partial charge in [0.25, 0.3) is 0 Å². The number of hydrogen-bond donors (Lipinski definition) is 2. The Bertz CT molecular complexity index is 527. The number of carbonyl (C=O) groups excluding carboxylic acids is 1. The fourth-order valence-corrected chi connectivity index (χ4v) is 3.85. The van der Waals surface area contributed by atoms with Gasteiger partial charge >= 0.3 is 0 Å². The van der Waals surface area contributed by atoms with E-state index in [9.17, 15) is 4.79 Å². The molecule has 2 atom stereocenters. The van der Waals surface area contributed by atoms with Crippen LogP contribution in [0.25, 0.3) is 0 Å². The molecular weight excluding hydrogens is 286 g/mol. The van der Waals surface area contributed by atoms with Gasteiger partial charge in [0.1, 0.15) is 5.84 Å². The summed E-state index contributed by atoms with van der Waals surface area (Å²) in [5.41, 5.74) is 6.82. The van der Waals surface area contributed by atoms with E-state index in [-0.39, 0.29) is 23.6 Å². The highest BCUT2D eigenvalue weighted by atomic mass is 32.1. The van der Waals surface area contributed by atoms with Crippen LogP contribution in [0.15, 0.2) is 16.6 Å². The highest BCUT2D eigenvalue weighted by Crippen LogP contribution is 2.36. The molecule has 1 aliphatic carbocycles. The topological polar surface area (TPSA) is 78.9 Å². The number of amidine groups is 1. The zero-order chi connectivity index (χ0) is 15.4. The molecular formula is C15H23N3O2S. The van der Waals surface area contributed by atoms with Gasteiger partial charge in [-0.05, 0) is 43.2 Å². The summed E-state index contributed by atoms with van der Waals surface area (Å²) in [6.07, 6.45) is 3.07. The number of hydrogen-bond acceptors (Lipinski definition) is 4. The van der Waals surface area contributed by atoms with Gasteiger partial charge in [-0.2, -0.15) is 0 Å². The van der Waals surface area contributed by atoms with Crippen molar-refractivity contribution in [1.82, 2.24) is 4.90 Å². The molecule has 0 spiro atoms.